The molecule has 1 N–H and O–H groups in total. The summed E-state index contributed by atoms with van der Waals surface area (Å²) in [6.45, 7) is 7.96. The number of carbonyl (C=O) groups excluding carboxylic acids is 2. The average molecular weight is 506 g/mol. The lowest BCUT2D eigenvalue weighted by atomic mass is 10.0. The molecule has 0 spiro atoms. The third kappa shape index (κ3) is 5.49. The smallest absolute Gasteiger partial charge is 0.285 e. The van der Waals surface area contributed by atoms with E-state index in [9.17, 15) is 9.59 Å². The molecule has 0 bridgehead atoms. The van der Waals surface area contributed by atoms with Gasteiger partial charge in [0, 0.05) is 17.1 Å². The van der Waals surface area contributed by atoms with Gasteiger partial charge in [0.15, 0.2) is 10.9 Å². The molecule has 6 nitrogen and oxygen atoms in total. The van der Waals surface area contributed by atoms with Crippen molar-refractivity contribution in [2.45, 2.75) is 33.6 Å². The number of nitrogens with zero attached hydrogens (tertiary/aromatic N) is 2. The van der Waals surface area contributed by atoms with Crippen LogP contribution in [-0.4, -0.2) is 27.4 Å². The lowest BCUT2D eigenvalue weighted by Gasteiger charge is -2.20. The van der Waals surface area contributed by atoms with Crippen LogP contribution in [0.15, 0.2) is 65.6 Å². The number of hydrogen-bond acceptors (Lipinski definition) is 5. The van der Waals surface area contributed by atoms with E-state index in [0.29, 0.717) is 20.9 Å². The fraction of sp³-hybridized carbons (Fsp3) is 0.222. The minimum atomic E-state index is -0.221. The van der Waals surface area contributed by atoms with Gasteiger partial charge < -0.3 is 10.1 Å². The summed E-state index contributed by atoms with van der Waals surface area (Å²) in [6.07, 6.45) is 1.81. The van der Waals surface area contributed by atoms with Crippen molar-refractivity contribution in [3.05, 3.63) is 88.1 Å². The van der Waals surface area contributed by atoms with Crippen LogP contribution in [0.1, 0.15) is 42.3 Å². The number of rotatable bonds is 7. The minimum Gasteiger partial charge on any atom is -0.484 e. The first-order chi connectivity index (χ1) is 16.7. The number of para-hydroxylation sites is 1. The van der Waals surface area contributed by atoms with Crippen molar-refractivity contribution in [1.29, 1.82) is 0 Å². The van der Waals surface area contributed by atoms with Crippen molar-refractivity contribution in [3.8, 4) is 5.75 Å². The Labute approximate surface area is 214 Å². The summed E-state index contributed by atoms with van der Waals surface area (Å²) < 4.78 is 7.99. The van der Waals surface area contributed by atoms with Crippen LogP contribution in [0.5, 0.6) is 5.75 Å². The first kappa shape index (κ1) is 24.8. The van der Waals surface area contributed by atoms with Gasteiger partial charge in [-0.3, -0.25) is 14.3 Å². The average Bonchev–Trinajstić information content (AvgIpc) is 3.29. The molecule has 8 heteroatoms. The van der Waals surface area contributed by atoms with Gasteiger partial charge in [0.2, 0.25) is 0 Å². The lowest BCUT2D eigenvalue weighted by Crippen LogP contribution is -2.39. The van der Waals surface area contributed by atoms with Crippen LogP contribution >= 0.6 is 24.0 Å². The van der Waals surface area contributed by atoms with Gasteiger partial charge in [-0.15, -0.1) is 0 Å². The monoisotopic (exact) mass is 505 g/mol. The number of thioether (sulfide) groups is 1. The van der Waals surface area contributed by atoms with E-state index >= 15 is 0 Å². The maximum atomic E-state index is 13.0. The third-order valence-electron chi connectivity index (χ3n) is 5.61. The van der Waals surface area contributed by atoms with Crippen LogP contribution in [-0.2, 0) is 9.59 Å². The van der Waals surface area contributed by atoms with Crippen molar-refractivity contribution in [1.82, 2.24) is 4.68 Å². The molecule has 0 aliphatic carbocycles. The van der Waals surface area contributed by atoms with Crippen molar-refractivity contribution < 1.29 is 14.3 Å². The van der Waals surface area contributed by atoms with Crippen LogP contribution in [0, 0.1) is 13.8 Å². The summed E-state index contributed by atoms with van der Waals surface area (Å²) in [7, 11) is 0. The van der Waals surface area contributed by atoms with Gasteiger partial charge in [0.1, 0.15) is 5.75 Å². The Balaban J connectivity index is 1.38. The van der Waals surface area contributed by atoms with Crippen molar-refractivity contribution in [2.75, 3.05) is 16.9 Å². The molecule has 1 saturated heterocycles. The summed E-state index contributed by atoms with van der Waals surface area (Å²) >= 11 is 6.75. The topological polar surface area (TPSA) is 63.6 Å². The van der Waals surface area contributed by atoms with Crippen molar-refractivity contribution in [3.63, 3.8) is 0 Å². The Bertz CT molecular complexity index is 1290. The number of benzene rings is 2. The van der Waals surface area contributed by atoms with Gasteiger partial charge >= 0.3 is 0 Å². The highest BCUT2D eigenvalue weighted by molar-refractivity contribution is 8.27. The van der Waals surface area contributed by atoms with Crippen LogP contribution in [0.4, 0.5) is 5.69 Å². The second kappa shape index (κ2) is 10.5. The molecule has 0 radical (unpaired) electrons. The van der Waals surface area contributed by atoms with Gasteiger partial charge in [0.05, 0.1) is 4.91 Å². The summed E-state index contributed by atoms with van der Waals surface area (Å²) in [5.41, 5.74) is 4.61. The Hall–Kier alpha value is -3.36. The van der Waals surface area contributed by atoms with Crippen molar-refractivity contribution in [2.24, 2.45) is 0 Å². The maximum Gasteiger partial charge on any atom is 0.285 e. The summed E-state index contributed by atoms with van der Waals surface area (Å²) in [5.74, 6) is 0.500. The largest absolute Gasteiger partial charge is 0.484 e. The number of ether oxygens (including phenoxy) is 1. The molecular formula is C27H27N3O3S2. The quantitative estimate of drug-likeness (QED) is 0.326. The number of hydrogen-bond donors (Lipinski definition) is 1. The third-order valence-corrected chi connectivity index (χ3v) is 6.89. The van der Waals surface area contributed by atoms with Gasteiger partial charge in [-0.05, 0) is 79.5 Å². The summed E-state index contributed by atoms with van der Waals surface area (Å²) in [6, 6.07) is 18.9. The molecule has 2 heterocycles. The van der Waals surface area contributed by atoms with Crippen LogP contribution < -0.4 is 15.1 Å². The Kier molecular flexibility index (Phi) is 7.42. The second-order valence-corrected chi connectivity index (χ2v) is 10.2. The molecule has 0 unspecified atom stereocenters. The SMILES string of the molecule is Cc1ccc(C)n1N1C(=O)/C(=C\c2ccc(OCC(=O)Nc3ccccc3C(C)C)cc2)SC1=S. The molecule has 2 amide bonds. The molecule has 35 heavy (non-hydrogen) atoms. The first-order valence-corrected chi connectivity index (χ1v) is 12.5. The fourth-order valence-corrected chi connectivity index (χ4v) is 5.11. The van der Waals surface area contributed by atoms with Gasteiger partial charge in [-0.1, -0.05) is 55.9 Å². The number of aryl methyl sites for hydroxylation is 2. The Morgan fingerprint density at radius 3 is 2.37 bits per heavy atom. The van der Waals surface area contributed by atoms with E-state index in [-0.39, 0.29) is 18.4 Å². The van der Waals surface area contributed by atoms with Crippen molar-refractivity contribution >= 4 is 51.9 Å². The van der Waals surface area contributed by atoms with Crippen LogP contribution in [0.2, 0.25) is 0 Å². The zero-order valence-corrected chi connectivity index (χ0v) is 21.7. The molecule has 0 atom stereocenters. The number of anilines is 1. The predicted octanol–water partition coefficient (Wildman–Crippen LogP) is 5.78. The molecule has 3 aromatic rings. The number of thiocarbonyl (C=S) groups is 1. The molecule has 1 aromatic heterocycles. The molecule has 2 aromatic carbocycles. The summed E-state index contributed by atoms with van der Waals surface area (Å²) in [4.78, 5) is 26.0. The first-order valence-electron chi connectivity index (χ1n) is 11.3. The van der Waals surface area contributed by atoms with Crippen LogP contribution in [0.25, 0.3) is 6.08 Å². The zero-order chi connectivity index (χ0) is 25.1. The van der Waals surface area contributed by atoms with E-state index in [1.165, 1.54) is 16.8 Å². The molecule has 4 rings (SSSR count). The highest BCUT2D eigenvalue weighted by atomic mass is 32.2. The van der Waals surface area contributed by atoms with E-state index in [2.05, 4.69) is 19.2 Å². The molecule has 1 aliphatic rings. The van der Waals surface area contributed by atoms with Gasteiger partial charge in [-0.25, -0.2) is 0 Å². The molecule has 1 aliphatic heterocycles. The molecular weight excluding hydrogens is 478 g/mol. The maximum absolute atomic E-state index is 13.0. The Morgan fingerprint density at radius 1 is 1.06 bits per heavy atom. The zero-order valence-electron chi connectivity index (χ0n) is 20.1. The predicted molar refractivity (Wildman–Crippen MR) is 146 cm³/mol. The lowest BCUT2D eigenvalue weighted by molar-refractivity contribution is -0.118. The van der Waals surface area contributed by atoms with Gasteiger partial charge in [0.25, 0.3) is 11.8 Å². The normalized spacial score (nSPS) is 14.8. The van der Waals surface area contributed by atoms with Crippen LogP contribution in [0.3, 0.4) is 0 Å². The fourth-order valence-electron chi connectivity index (χ4n) is 3.87. The highest BCUT2D eigenvalue weighted by Gasteiger charge is 2.34. The minimum absolute atomic E-state index is 0.0972. The van der Waals surface area contributed by atoms with E-state index in [0.717, 1.165) is 28.2 Å². The van der Waals surface area contributed by atoms with E-state index in [1.54, 1.807) is 12.1 Å². The summed E-state index contributed by atoms with van der Waals surface area (Å²) in [5, 5.41) is 4.45. The van der Waals surface area contributed by atoms with E-state index in [1.807, 2.05) is 73.1 Å². The van der Waals surface area contributed by atoms with E-state index < -0.39 is 0 Å². The highest BCUT2D eigenvalue weighted by Crippen LogP contribution is 2.33. The number of nitrogens with one attached hydrogen (secondary N) is 1. The standard InChI is InChI=1S/C27H27N3O3S2/c1-17(2)22-7-5-6-8-23(22)28-25(31)16-33-21-13-11-20(12-14-21)15-24-26(32)30(27(34)35-24)29-18(3)9-10-19(29)4/h5-15,17H,16H2,1-4H3,(H,28,31)/b24-15+. The second-order valence-electron chi connectivity index (χ2n) is 8.57. The number of amides is 2. The molecule has 1 fully saturated rings. The Morgan fingerprint density at radius 2 is 1.71 bits per heavy atom. The number of carbonyl (C=O) groups is 2. The van der Waals surface area contributed by atoms with E-state index in [4.69, 9.17) is 17.0 Å². The molecule has 0 saturated carbocycles. The van der Waals surface area contributed by atoms with Gasteiger partial charge in [-0.2, -0.15) is 5.01 Å². The number of aromatic nitrogens is 1. The molecule has 180 valence electrons.